The Labute approximate surface area is 158 Å². The molecule has 2 amide bonds. The largest absolute Gasteiger partial charge is 0.350 e. The third kappa shape index (κ3) is 3.24. The van der Waals surface area contributed by atoms with Gasteiger partial charge in [0.1, 0.15) is 5.56 Å². The van der Waals surface area contributed by atoms with Crippen molar-refractivity contribution in [3.8, 4) is 0 Å². The van der Waals surface area contributed by atoms with Crippen molar-refractivity contribution in [2.24, 2.45) is 13.0 Å². The molecule has 1 saturated heterocycles. The van der Waals surface area contributed by atoms with Crippen LogP contribution in [0.25, 0.3) is 10.9 Å². The number of rotatable bonds is 2. The van der Waals surface area contributed by atoms with Crippen LogP contribution in [0.5, 0.6) is 0 Å². The number of benzene rings is 1. The Hall–Kier alpha value is -2.63. The lowest BCUT2D eigenvalue weighted by molar-refractivity contribution is -0.138. The molecule has 6 nitrogen and oxygen atoms in total. The summed E-state index contributed by atoms with van der Waals surface area (Å²) >= 11 is 0. The summed E-state index contributed by atoms with van der Waals surface area (Å²) in [6, 6.07) is 7.33. The number of hydrogen-bond acceptors (Lipinski definition) is 3. The van der Waals surface area contributed by atoms with E-state index < -0.39 is 0 Å². The zero-order valence-corrected chi connectivity index (χ0v) is 15.7. The first-order valence-corrected chi connectivity index (χ1v) is 9.72. The van der Waals surface area contributed by atoms with Gasteiger partial charge in [-0.15, -0.1) is 0 Å². The minimum Gasteiger partial charge on any atom is -0.350 e. The van der Waals surface area contributed by atoms with Crippen LogP contribution in [0, 0.1) is 5.92 Å². The van der Waals surface area contributed by atoms with Gasteiger partial charge in [0.15, 0.2) is 0 Å². The molecule has 27 heavy (non-hydrogen) atoms. The molecule has 0 N–H and O–H groups in total. The van der Waals surface area contributed by atoms with E-state index in [9.17, 15) is 14.4 Å². The monoisotopic (exact) mass is 367 g/mol. The molecule has 2 aliphatic rings. The van der Waals surface area contributed by atoms with Gasteiger partial charge in [0, 0.05) is 50.7 Å². The number of aromatic nitrogens is 1. The van der Waals surface area contributed by atoms with Crippen molar-refractivity contribution in [1.29, 1.82) is 0 Å². The van der Waals surface area contributed by atoms with Crippen molar-refractivity contribution in [2.75, 3.05) is 26.2 Å². The van der Waals surface area contributed by atoms with Gasteiger partial charge in [-0.05, 0) is 31.4 Å². The Morgan fingerprint density at radius 1 is 0.963 bits per heavy atom. The second-order valence-electron chi connectivity index (χ2n) is 7.60. The maximum Gasteiger partial charge on any atom is 0.259 e. The van der Waals surface area contributed by atoms with Crippen LogP contribution in [0.3, 0.4) is 0 Å². The molecule has 1 aliphatic heterocycles. The zero-order chi connectivity index (χ0) is 19.0. The summed E-state index contributed by atoms with van der Waals surface area (Å²) < 4.78 is 1.83. The number of hydrogen-bond donors (Lipinski definition) is 0. The predicted molar refractivity (Wildman–Crippen MR) is 104 cm³/mol. The van der Waals surface area contributed by atoms with E-state index in [1.807, 2.05) is 34.7 Å². The summed E-state index contributed by atoms with van der Waals surface area (Å²) in [6.07, 6.45) is 5.50. The van der Waals surface area contributed by atoms with Gasteiger partial charge < -0.3 is 14.4 Å². The van der Waals surface area contributed by atoms with Crippen LogP contribution in [0.4, 0.5) is 0 Å². The van der Waals surface area contributed by atoms with E-state index in [-0.39, 0.29) is 28.7 Å². The summed E-state index contributed by atoms with van der Waals surface area (Å²) in [7, 11) is 1.85. The molecule has 2 aromatic rings. The highest BCUT2D eigenvalue weighted by Gasteiger charge is 2.31. The molecular formula is C21H25N3O3. The molecule has 2 heterocycles. The number of carbonyl (C=O) groups is 2. The maximum absolute atomic E-state index is 13.1. The van der Waals surface area contributed by atoms with E-state index in [4.69, 9.17) is 0 Å². The summed E-state index contributed by atoms with van der Waals surface area (Å²) in [6.45, 7) is 2.29. The van der Waals surface area contributed by atoms with E-state index in [0.29, 0.717) is 31.6 Å². The van der Waals surface area contributed by atoms with E-state index in [2.05, 4.69) is 0 Å². The highest BCUT2D eigenvalue weighted by molar-refractivity contribution is 5.97. The fourth-order valence-corrected chi connectivity index (χ4v) is 4.02. The zero-order valence-electron chi connectivity index (χ0n) is 15.7. The Bertz CT molecular complexity index is 945. The summed E-state index contributed by atoms with van der Waals surface area (Å²) in [5.41, 5.74) is 0.794. The smallest absolute Gasteiger partial charge is 0.259 e. The Morgan fingerprint density at radius 3 is 2.41 bits per heavy atom. The first kappa shape index (κ1) is 17.8. The van der Waals surface area contributed by atoms with Crippen LogP contribution in [0.1, 0.15) is 36.0 Å². The second kappa shape index (κ2) is 7.18. The molecule has 6 heteroatoms. The van der Waals surface area contributed by atoms with Gasteiger partial charge in [-0.2, -0.15) is 0 Å². The number of aryl methyl sites for hydroxylation is 1. The van der Waals surface area contributed by atoms with E-state index in [1.165, 1.54) is 0 Å². The van der Waals surface area contributed by atoms with Crippen LogP contribution in [-0.4, -0.2) is 52.4 Å². The van der Waals surface area contributed by atoms with Gasteiger partial charge in [-0.1, -0.05) is 18.6 Å². The molecule has 1 aromatic carbocycles. The number of para-hydroxylation sites is 1. The van der Waals surface area contributed by atoms with E-state index in [0.717, 1.165) is 31.2 Å². The summed E-state index contributed by atoms with van der Waals surface area (Å²) in [5.74, 6) is 0.177. The highest BCUT2D eigenvalue weighted by atomic mass is 16.2. The SMILES string of the molecule is Cn1cc(C(=O)N2CCCN(C(=O)C3CCC3)CC2)c(=O)c2ccccc21. The molecule has 0 spiro atoms. The van der Waals surface area contributed by atoms with Crippen molar-refractivity contribution in [2.45, 2.75) is 25.7 Å². The lowest BCUT2D eigenvalue weighted by Gasteiger charge is -2.31. The van der Waals surface area contributed by atoms with Crippen LogP contribution in [0.15, 0.2) is 35.3 Å². The standard InChI is InChI=1S/C21H25N3O3/c1-22-14-17(19(25)16-8-2-3-9-18(16)22)21(27)24-11-5-10-23(12-13-24)20(26)15-6-4-7-15/h2-3,8-9,14-15H,4-7,10-13H2,1H3. The van der Waals surface area contributed by atoms with E-state index in [1.54, 1.807) is 17.2 Å². The van der Waals surface area contributed by atoms with Crippen LogP contribution in [0.2, 0.25) is 0 Å². The molecule has 1 saturated carbocycles. The third-order valence-electron chi connectivity index (χ3n) is 5.88. The number of fused-ring (bicyclic) bond motifs is 1. The lowest BCUT2D eigenvalue weighted by Crippen LogP contribution is -2.42. The highest BCUT2D eigenvalue weighted by Crippen LogP contribution is 2.28. The first-order valence-electron chi connectivity index (χ1n) is 9.72. The fourth-order valence-electron chi connectivity index (χ4n) is 4.02. The van der Waals surface area contributed by atoms with Gasteiger partial charge in [-0.25, -0.2) is 0 Å². The molecule has 1 aliphatic carbocycles. The number of pyridine rings is 1. The van der Waals surface area contributed by atoms with Crippen LogP contribution < -0.4 is 5.43 Å². The number of amides is 2. The van der Waals surface area contributed by atoms with Crippen molar-refractivity contribution in [3.63, 3.8) is 0 Å². The first-order chi connectivity index (χ1) is 13.1. The van der Waals surface area contributed by atoms with Gasteiger partial charge in [0.05, 0.1) is 5.52 Å². The maximum atomic E-state index is 13.1. The van der Waals surface area contributed by atoms with Crippen molar-refractivity contribution in [1.82, 2.24) is 14.4 Å². The van der Waals surface area contributed by atoms with E-state index >= 15 is 0 Å². The minimum absolute atomic E-state index is 0.181. The minimum atomic E-state index is -0.237. The predicted octanol–water partition coefficient (Wildman–Crippen LogP) is 2.01. The van der Waals surface area contributed by atoms with Crippen LogP contribution >= 0.6 is 0 Å². The van der Waals surface area contributed by atoms with Crippen LogP contribution in [-0.2, 0) is 11.8 Å². The molecule has 0 bridgehead atoms. The van der Waals surface area contributed by atoms with Gasteiger partial charge in [0.2, 0.25) is 11.3 Å². The number of carbonyl (C=O) groups excluding carboxylic acids is 2. The normalized spacial score (nSPS) is 18.3. The van der Waals surface area contributed by atoms with Crippen molar-refractivity contribution < 1.29 is 9.59 Å². The van der Waals surface area contributed by atoms with Gasteiger partial charge in [0.25, 0.3) is 5.91 Å². The molecule has 0 atom stereocenters. The fraction of sp³-hybridized carbons (Fsp3) is 0.476. The molecule has 0 radical (unpaired) electrons. The topological polar surface area (TPSA) is 62.6 Å². The molecular weight excluding hydrogens is 342 g/mol. The van der Waals surface area contributed by atoms with Crippen molar-refractivity contribution in [3.05, 3.63) is 46.2 Å². The Kier molecular flexibility index (Phi) is 4.72. The van der Waals surface area contributed by atoms with Crippen molar-refractivity contribution >= 4 is 22.7 Å². The molecule has 2 fully saturated rings. The average Bonchev–Trinajstić information content (AvgIpc) is 2.89. The molecule has 0 unspecified atom stereocenters. The third-order valence-corrected chi connectivity index (χ3v) is 5.88. The Morgan fingerprint density at radius 2 is 1.67 bits per heavy atom. The summed E-state index contributed by atoms with van der Waals surface area (Å²) in [5, 5.41) is 0.558. The summed E-state index contributed by atoms with van der Waals surface area (Å²) in [4.78, 5) is 42.0. The molecule has 4 rings (SSSR count). The average molecular weight is 367 g/mol. The quantitative estimate of drug-likeness (QED) is 0.816. The van der Waals surface area contributed by atoms with Gasteiger partial charge in [-0.3, -0.25) is 14.4 Å². The van der Waals surface area contributed by atoms with Gasteiger partial charge >= 0.3 is 0 Å². The molecule has 142 valence electrons. The second-order valence-corrected chi connectivity index (χ2v) is 7.60. The molecule has 1 aromatic heterocycles. The Balaban J connectivity index is 1.55. The number of nitrogens with zero attached hydrogens (tertiary/aromatic N) is 3. The lowest BCUT2D eigenvalue weighted by atomic mass is 9.84.